The van der Waals surface area contributed by atoms with Crippen molar-refractivity contribution in [1.29, 1.82) is 0 Å². The molecule has 0 amide bonds. The summed E-state index contributed by atoms with van der Waals surface area (Å²) in [5.74, 6) is -1.29. The lowest BCUT2D eigenvalue weighted by molar-refractivity contribution is 0.520. The third kappa shape index (κ3) is 1.40. The van der Waals surface area contributed by atoms with E-state index in [1.807, 2.05) is 21.2 Å². The molecule has 0 aliphatic rings. The van der Waals surface area contributed by atoms with E-state index in [1.165, 1.54) is 0 Å². The van der Waals surface area contributed by atoms with Gasteiger partial charge in [-0.2, -0.15) is 4.39 Å². The number of halogens is 3. The number of aryl methyl sites for hydroxylation is 1. The summed E-state index contributed by atoms with van der Waals surface area (Å²) in [7, 11) is 2.69. The van der Waals surface area contributed by atoms with Crippen LogP contribution in [0.3, 0.4) is 0 Å². The van der Waals surface area contributed by atoms with Gasteiger partial charge in [0.15, 0.2) is 5.82 Å². The van der Waals surface area contributed by atoms with Crippen molar-refractivity contribution in [2.75, 3.05) is 0 Å². The number of pyridine rings is 1. The molecule has 0 aliphatic heterocycles. The second-order valence-electron chi connectivity index (χ2n) is 2.79. The van der Waals surface area contributed by atoms with Gasteiger partial charge in [0.05, 0.1) is 5.39 Å². The van der Waals surface area contributed by atoms with Crippen LogP contribution in [0, 0.1) is 11.8 Å². The Labute approximate surface area is 95.3 Å². The van der Waals surface area contributed by atoms with Gasteiger partial charge in [0.1, 0.15) is 10.5 Å². The molecule has 0 saturated heterocycles. The molecule has 0 N–H and O–H groups in total. The van der Waals surface area contributed by atoms with E-state index in [0.29, 0.717) is 11.0 Å². The summed E-state index contributed by atoms with van der Waals surface area (Å²) in [5, 5.41) is 0.355. The fourth-order valence-electron chi connectivity index (χ4n) is 1.25. The molecule has 2 rings (SSSR count). The fourth-order valence-corrected chi connectivity index (χ4v) is 2.67. The van der Waals surface area contributed by atoms with Crippen molar-refractivity contribution in [2.45, 2.75) is 4.90 Å². The Kier molecular flexibility index (Phi) is 2.65. The van der Waals surface area contributed by atoms with E-state index in [1.54, 1.807) is 23.9 Å². The highest BCUT2D eigenvalue weighted by molar-refractivity contribution is 14.2. The van der Waals surface area contributed by atoms with Crippen LogP contribution in [0.15, 0.2) is 17.2 Å². The smallest absolute Gasteiger partial charge is 0.232 e. The molecule has 0 atom stereocenters. The lowest BCUT2D eigenvalue weighted by Crippen LogP contribution is -1.95. The van der Waals surface area contributed by atoms with E-state index in [4.69, 9.17) is 0 Å². The second kappa shape index (κ2) is 3.65. The number of aromatic nitrogens is 2. The third-order valence-electron chi connectivity index (χ3n) is 1.94. The number of hydrogen-bond donors (Lipinski definition) is 0. The van der Waals surface area contributed by atoms with Crippen molar-refractivity contribution in [3.05, 3.63) is 24.0 Å². The SMILES string of the molecule is Cn1ccc2c(F)c(SI)c(F)nc21. The standard InChI is InChI=1S/C8H5F2IN2S/c1-13-3-2-4-5(9)6(14-11)7(10)12-8(4)13/h2-3H,1H3. The number of fused-ring (bicyclic) bond motifs is 1. The summed E-state index contributed by atoms with van der Waals surface area (Å²) in [6.07, 6.45) is 1.65. The molecular formula is C8H5F2IN2S. The molecule has 2 nitrogen and oxygen atoms in total. The maximum Gasteiger partial charge on any atom is 0.232 e. The molecule has 2 aromatic rings. The van der Waals surface area contributed by atoms with E-state index >= 15 is 0 Å². The van der Waals surface area contributed by atoms with Crippen molar-refractivity contribution < 1.29 is 8.78 Å². The Morgan fingerprint density at radius 1 is 1.50 bits per heavy atom. The molecule has 0 radical (unpaired) electrons. The van der Waals surface area contributed by atoms with Crippen LogP contribution in [-0.4, -0.2) is 9.55 Å². The molecular weight excluding hydrogens is 321 g/mol. The van der Waals surface area contributed by atoms with E-state index in [9.17, 15) is 8.78 Å². The third-order valence-corrected chi connectivity index (χ3v) is 3.77. The molecule has 74 valence electrons. The molecule has 2 heterocycles. The van der Waals surface area contributed by atoms with Crippen LogP contribution in [-0.2, 0) is 7.05 Å². The van der Waals surface area contributed by atoms with Crippen LogP contribution in [0.25, 0.3) is 11.0 Å². The maximum absolute atomic E-state index is 13.6. The molecule has 0 saturated carbocycles. The normalized spacial score (nSPS) is 11.1. The first-order valence-electron chi connectivity index (χ1n) is 3.73. The molecule has 0 aliphatic carbocycles. The summed E-state index contributed by atoms with van der Waals surface area (Å²) in [6.45, 7) is 0. The molecule has 0 fully saturated rings. The van der Waals surface area contributed by atoms with E-state index < -0.39 is 11.8 Å². The zero-order chi connectivity index (χ0) is 10.3. The average Bonchev–Trinajstić information content (AvgIpc) is 2.49. The van der Waals surface area contributed by atoms with Crippen molar-refractivity contribution in [3.8, 4) is 0 Å². The highest BCUT2D eigenvalue weighted by Crippen LogP contribution is 2.33. The lowest BCUT2D eigenvalue weighted by atomic mass is 10.3. The van der Waals surface area contributed by atoms with E-state index in [2.05, 4.69) is 4.98 Å². The number of hydrogen-bond acceptors (Lipinski definition) is 2. The van der Waals surface area contributed by atoms with Crippen LogP contribution in [0.1, 0.15) is 0 Å². The van der Waals surface area contributed by atoms with Gasteiger partial charge >= 0.3 is 0 Å². The van der Waals surface area contributed by atoms with Gasteiger partial charge in [-0.3, -0.25) is 0 Å². The van der Waals surface area contributed by atoms with Gasteiger partial charge in [-0.1, -0.05) is 0 Å². The topological polar surface area (TPSA) is 17.8 Å². The summed E-state index contributed by atoms with van der Waals surface area (Å²) in [4.78, 5) is 3.66. The van der Waals surface area contributed by atoms with Crippen LogP contribution in [0.5, 0.6) is 0 Å². The van der Waals surface area contributed by atoms with Gasteiger partial charge in [-0.25, -0.2) is 9.37 Å². The summed E-state index contributed by atoms with van der Waals surface area (Å²) in [6, 6.07) is 1.59. The van der Waals surface area contributed by atoms with Crippen LogP contribution in [0.4, 0.5) is 8.78 Å². The summed E-state index contributed by atoms with van der Waals surface area (Å²) in [5.41, 5.74) is 0.328. The highest BCUT2D eigenvalue weighted by Gasteiger charge is 2.16. The Bertz CT molecular complexity index is 498. The van der Waals surface area contributed by atoms with Crippen molar-refractivity contribution in [1.82, 2.24) is 9.55 Å². The molecule has 0 unspecified atom stereocenters. The van der Waals surface area contributed by atoms with Crippen molar-refractivity contribution in [2.24, 2.45) is 7.05 Å². The second-order valence-corrected chi connectivity index (χ2v) is 4.67. The first-order chi connectivity index (χ1) is 6.65. The molecule has 0 bridgehead atoms. The monoisotopic (exact) mass is 326 g/mol. The van der Waals surface area contributed by atoms with Crippen LogP contribution < -0.4 is 0 Å². The van der Waals surface area contributed by atoms with Crippen molar-refractivity contribution in [3.63, 3.8) is 0 Å². The molecule has 0 aromatic carbocycles. The van der Waals surface area contributed by atoms with Gasteiger partial charge in [0.25, 0.3) is 0 Å². The zero-order valence-electron chi connectivity index (χ0n) is 7.09. The van der Waals surface area contributed by atoms with Gasteiger partial charge in [-0.05, 0) is 15.0 Å². The first-order valence-corrected chi connectivity index (χ1v) is 7.09. The van der Waals surface area contributed by atoms with E-state index in [-0.39, 0.29) is 4.90 Å². The molecule has 6 heteroatoms. The molecule has 2 aromatic heterocycles. The fraction of sp³-hybridized carbons (Fsp3) is 0.125. The van der Waals surface area contributed by atoms with Crippen LogP contribution in [0.2, 0.25) is 0 Å². The Morgan fingerprint density at radius 2 is 2.21 bits per heavy atom. The quantitative estimate of drug-likeness (QED) is 0.591. The number of rotatable bonds is 1. The van der Waals surface area contributed by atoms with Gasteiger partial charge in [-0.15, -0.1) is 0 Å². The van der Waals surface area contributed by atoms with Crippen molar-refractivity contribution >= 4 is 41.2 Å². The first kappa shape index (κ1) is 10.2. The predicted molar refractivity (Wildman–Crippen MR) is 60.5 cm³/mol. The van der Waals surface area contributed by atoms with Gasteiger partial charge < -0.3 is 4.57 Å². The minimum atomic E-state index is -0.754. The largest absolute Gasteiger partial charge is 0.335 e. The Hall–Kier alpha value is -0.370. The Morgan fingerprint density at radius 3 is 2.86 bits per heavy atom. The molecule has 14 heavy (non-hydrogen) atoms. The Balaban J connectivity index is 2.87. The lowest BCUT2D eigenvalue weighted by Gasteiger charge is -2.01. The van der Waals surface area contributed by atoms with Gasteiger partial charge in [0.2, 0.25) is 5.95 Å². The maximum atomic E-state index is 13.6. The minimum Gasteiger partial charge on any atom is -0.335 e. The number of nitrogens with zero attached hydrogens (tertiary/aromatic N) is 2. The van der Waals surface area contributed by atoms with Gasteiger partial charge in [0, 0.05) is 34.5 Å². The average molecular weight is 326 g/mol. The minimum absolute atomic E-state index is 0.0377. The predicted octanol–water partition coefficient (Wildman–Crippen LogP) is 3.29. The molecule has 0 spiro atoms. The summed E-state index contributed by atoms with van der Waals surface area (Å²) >= 11 is 1.83. The van der Waals surface area contributed by atoms with E-state index in [0.717, 1.165) is 8.93 Å². The zero-order valence-corrected chi connectivity index (χ0v) is 10.1. The summed E-state index contributed by atoms with van der Waals surface area (Å²) < 4.78 is 28.5. The highest BCUT2D eigenvalue weighted by atomic mass is 127. The van der Waals surface area contributed by atoms with Crippen LogP contribution >= 0.6 is 30.1 Å².